The maximum absolute atomic E-state index is 10.5. The van der Waals surface area contributed by atoms with Gasteiger partial charge >= 0.3 is 5.97 Å². The number of aliphatic carboxylic acids is 1. The molecule has 0 unspecified atom stereocenters. The van der Waals surface area contributed by atoms with Crippen LogP contribution in [0, 0.1) is 0 Å². The zero-order valence-electron chi connectivity index (χ0n) is 7.50. The van der Waals surface area contributed by atoms with Crippen LogP contribution < -0.4 is 0 Å². The number of Topliss-reactive ketones (excluding diaryl/α,β-unsaturated/α-hetero) is 1. The third-order valence-corrected chi connectivity index (χ3v) is 0.994. The van der Waals surface area contributed by atoms with E-state index in [9.17, 15) is 9.59 Å². The molecule has 0 spiro atoms. The number of hydrogen-bond donors (Lipinski definition) is 1. The predicted molar refractivity (Wildman–Crippen MR) is 45.5 cm³/mol. The van der Waals surface area contributed by atoms with Crippen LogP contribution in [0.1, 0.15) is 27.2 Å². The Kier molecular flexibility index (Phi) is 3.60. The van der Waals surface area contributed by atoms with Gasteiger partial charge in [0.2, 0.25) is 5.78 Å². The van der Waals surface area contributed by atoms with E-state index in [0.29, 0.717) is 0 Å². The molecule has 4 nitrogen and oxygen atoms in total. The van der Waals surface area contributed by atoms with Crippen molar-refractivity contribution in [2.45, 2.75) is 32.7 Å². The second-order valence-corrected chi connectivity index (χ2v) is 3.41. The lowest BCUT2D eigenvalue weighted by Crippen LogP contribution is -2.14. The van der Waals surface area contributed by atoms with Gasteiger partial charge in [-0.25, -0.2) is 4.79 Å². The first-order chi connectivity index (χ1) is 5.33. The highest BCUT2D eigenvalue weighted by Crippen LogP contribution is 2.04. The molecular formula is C8H13NO3. The standard InChI is InChI=1S/C8H13NO3/c1-8(2,3)9-5-4-6(10)7(11)12/h5H,4H2,1-3H3,(H,11,12). The van der Waals surface area contributed by atoms with Gasteiger partial charge < -0.3 is 5.11 Å². The Morgan fingerprint density at radius 3 is 2.25 bits per heavy atom. The molecule has 0 saturated carbocycles. The van der Waals surface area contributed by atoms with E-state index in [1.165, 1.54) is 6.21 Å². The van der Waals surface area contributed by atoms with Gasteiger partial charge in [0.1, 0.15) is 0 Å². The Hall–Kier alpha value is -1.19. The van der Waals surface area contributed by atoms with Crippen LogP contribution in [0.5, 0.6) is 0 Å². The van der Waals surface area contributed by atoms with E-state index in [2.05, 4.69) is 4.99 Å². The van der Waals surface area contributed by atoms with Crippen LogP contribution in [0.2, 0.25) is 0 Å². The highest BCUT2D eigenvalue weighted by molar-refractivity contribution is 6.35. The molecule has 0 heterocycles. The second-order valence-electron chi connectivity index (χ2n) is 3.41. The van der Waals surface area contributed by atoms with E-state index in [1.807, 2.05) is 20.8 Å². The molecule has 0 amide bonds. The molecule has 0 fully saturated rings. The van der Waals surface area contributed by atoms with Crippen molar-refractivity contribution in [2.75, 3.05) is 0 Å². The zero-order chi connectivity index (χ0) is 9.78. The molecule has 0 saturated heterocycles. The Morgan fingerprint density at radius 2 is 1.92 bits per heavy atom. The third-order valence-electron chi connectivity index (χ3n) is 0.994. The Morgan fingerprint density at radius 1 is 1.42 bits per heavy atom. The van der Waals surface area contributed by atoms with Crippen molar-refractivity contribution in [3.05, 3.63) is 0 Å². The van der Waals surface area contributed by atoms with Gasteiger partial charge in [0.25, 0.3) is 0 Å². The number of hydrogen-bond acceptors (Lipinski definition) is 3. The molecule has 68 valence electrons. The van der Waals surface area contributed by atoms with Crippen LogP contribution in [0.15, 0.2) is 4.99 Å². The number of carbonyl (C=O) groups excluding carboxylic acids is 1. The van der Waals surface area contributed by atoms with Crippen molar-refractivity contribution in [3.8, 4) is 0 Å². The molecule has 0 atom stereocenters. The average Bonchev–Trinajstić information content (AvgIpc) is 1.84. The molecule has 12 heavy (non-hydrogen) atoms. The molecule has 0 aliphatic carbocycles. The molecular weight excluding hydrogens is 158 g/mol. The number of nitrogens with zero attached hydrogens (tertiary/aromatic N) is 1. The summed E-state index contributed by atoms with van der Waals surface area (Å²) in [5.41, 5.74) is -0.251. The lowest BCUT2D eigenvalue weighted by atomic mass is 10.1. The minimum absolute atomic E-state index is 0.132. The van der Waals surface area contributed by atoms with Crippen molar-refractivity contribution in [1.82, 2.24) is 0 Å². The number of rotatable bonds is 3. The van der Waals surface area contributed by atoms with E-state index >= 15 is 0 Å². The number of ketones is 1. The summed E-state index contributed by atoms with van der Waals surface area (Å²) < 4.78 is 0. The lowest BCUT2D eigenvalue weighted by molar-refractivity contribution is -0.148. The summed E-state index contributed by atoms with van der Waals surface area (Å²) in [4.78, 5) is 24.6. The first kappa shape index (κ1) is 10.8. The maximum atomic E-state index is 10.5. The van der Waals surface area contributed by atoms with Crippen molar-refractivity contribution >= 4 is 18.0 Å². The first-order valence-electron chi connectivity index (χ1n) is 3.63. The van der Waals surface area contributed by atoms with Gasteiger partial charge in [-0.15, -0.1) is 0 Å². The highest BCUT2D eigenvalue weighted by atomic mass is 16.4. The number of carbonyl (C=O) groups is 2. The van der Waals surface area contributed by atoms with Crippen LogP contribution in [0.4, 0.5) is 0 Å². The summed E-state index contributed by atoms with van der Waals surface area (Å²) in [6.07, 6.45) is 1.21. The molecule has 0 radical (unpaired) electrons. The van der Waals surface area contributed by atoms with Crippen molar-refractivity contribution in [3.63, 3.8) is 0 Å². The van der Waals surface area contributed by atoms with Crippen LogP contribution in [0.25, 0.3) is 0 Å². The smallest absolute Gasteiger partial charge is 0.372 e. The zero-order valence-corrected chi connectivity index (χ0v) is 7.50. The summed E-state index contributed by atoms with van der Waals surface area (Å²) in [5, 5.41) is 8.20. The number of carboxylic acids is 1. The second kappa shape index (κ2) is 3.99. The van der Waals surface area contributed by atoms with E-state index < -0.39 is 11.8 Å². The van der Waals surface area contributed by atoms with Gasteiger partial charge in [-0.1, -0.05) is 0 Å². The Balaban J connectivity index is 3.92. The van der Waals surface area contributed by atoms with E-state index in [1.54, 1.807) is 0 Å². The highest BCUT2D eigenvalue weighted by Gasteiger charge is 2.10. The molecule has 0 aliphatic rings. The van der Waals surface area contributed by atoms with Crippen LogP contribution >= 0.6 is 0 Å². The fourth-order valence-electron chi connectivity index (χ4n) is 0.490. The first-order valence-corrected chi connectivity index (χ1v) is 3.63. The van der Waals surface area contributed by atoms with Crippen molar-refractivity contribution in [1.29, 1.82) is 0 Å². The van der Waals surface area contributed by atoms with Crippen molar-refractivity contribution in [2.24, 2.45) is 4.99 Å². The molecule has 0 aromatic heterocycles. The third kappa shape index (κ3) is 5.58. The average molecular weight is 171 g/mol. The summed E-state index contributed by atoms with van der Waals surface area (Å²) in [6, 6.07) is 0. The van der Waals surface area contributed by atoms with Gasteiger partial charge in [-0.3, -0.25) is 9.79 Å². The van der Waals surface area contributed by atoms with Crippen molar-refractivity contribution < 1.29 is 14.7 Å². The molecule has 1 N–H and O–H groups in total. The molecule has 0 aromatic carbocycles. The summed E-state index contributed by atoms with van der Waals surface area (Å²) in [5.74, 6) is -2.24. The minimum Gasteiger partial charge on any atom is -0.475 e. The summed E-state index contributed by atoms with van der Waals surface area (Å²) in [6.45, 7) is 5.61. The fourth-order valence-corrected chi connectivity index (χ4v) is 0.490. The summed E-state index contributed by atoms with van der Waals surface area (Å²) in [7, 11) is 0. The van der Waals surface area contributed by atoms with Crippen LogP contribution in [-0.4, -0.2) is 28.6 Å². The SMILES string of the molecule is CC(C)(C)N=CCC(=O)C(=O)O. The molecule has 0 aromatic rings. The Labute approximate surface area is 71.3 Å². The van der Waals surface area contributed by atoms with Gasteiger partial charge in [-0.2, -0.15) is 0 Å². The van der Waals surface area contributed by atoms with E-state index in [4.69, 9.17) is 5.11 Å². The van der Waals surface area contributed by atoms with Crippen LogP contribution in [0.3, 0.4) is 0 Å². The topological polar surface area (TPSA) is 66.7 Å². The lowest BCUT2D eigenvalue weighted by Gasteiger charge is -2.09. The van der Waals surface area contributed by atoms with Crippen LogP contribution in [-0.2, 0) is 9.59 Å². The van der Waals surface area contributed by atoms with Gasteiger partial charge in [0.15, 0.2) is 0 Å². The van der Waals surface area contributed by atoms with Gasteiger partial charge in [-0.05, 0) is 20.8 Å². The molecule has 0 aliphatic heterocycles. The molecule has 4 heteroatoms. The van der Waals surface area contributed by atoms with Gasteiger partial charge in [0.05, 0.1) is 12.0 Å². The maximum Gasteiger partial charge on any atom is 0.372 e. The minimum atomic E-state index is -1.41. The quantitative estimate of drug-likeness (QED) is 0.506. The Bertz CT molecular complexity index is 213. The van der Waals surface area contributed by atoms with Gasteiger partial charge in [0, 0.05) is 6.21 Å². The number of aliphatic imine (C=N–C) groups is 1. The number of carboxylic acid groups (broad SMARTS) is 1. The summed E-state index contributed by atoms with van der Waals surface area (Å²) >= 11 is 0. The normalized spacial score (nSPS) is 11.9. The predicted octanol–water partition coefficient (Wildman–Crippen LogP) is 0.899. The fraction of sp³-hybridized carbons (Fsp3) is 0.625. The monoisotopic (exact) mass is 171 g/mol. The molecule has 0 bridgehead atoms. The van der Waals surface area contributed by atoms with E-state index in [0.717, 1.165) is 0 Å². The molecule has 0 rings (SSSR count). The largest absolute Gasteiger partial charge is 0.475 e. The van der Waals surface area contributed by atoms with E-state index in [-0.39, 0.29) is 12.0 Å².